The zero-order valence-electron chi connectivity index (χ0n) is 14.1. The number of rotatable bonds is 4. The first-order chi connectivity index (χ1) is 12.1. The van der Waals surface area contributed by atoms with E-state index in [0.29, 0.717) is 17.8 Å². The normalized spacial score (nSPS) is 31.1. The molecule has 1 saturated heterocycles. The van der Waals surface area contributed by atoms with Crippen molar-refractivity contribution in [3.05, 3.63) is 35.9 Å². The average molecular weight is 341 g/mol. The lowest BCUT2D eigenvalue weighted by Gasteiger charge is -2.55. The van der Waals surface area contributed by atoms with Gasteiger partial charge in [0, 0.05) is 12.0 Å². The van der Waals surface area contributed by atoms with Gasteiger partial charge >= 0.3 is 6.03 Å². The number of amides is 4. The van der Waals surface area contributed by atoms with E-state index in [1.807, 2.05) is 18.2 Å². The molecule has 0 bridgehead atoms. The molecule has 0 radical (unpaired) electrons. The van der Waals surface area contributed by atoms with Crippen molar-refractivity contribution in [1.29, 1.82) is 0 Å². The number of nitrogens with one attached hydrogen (secondary N) is 2. The number of nitrogens with zero attached hydrogens (tertiary/aromatic N) is 1. The van der Waals surface area contributed by atoms with Crippen molar-refractivity contribution in [2.24, 2.45) is 11.8 Å². The lowest BCUT2D eigenvalue weighted by molar-refractivity contribution is -0.132. The van der Waals surface area contributed by atoms with E-state index in [9.17, 15) is 14.4 Å². The summed E-state index contributed by atoms with van der Waals surface area (Å²) in [5.41, 5.74) is 1.27. The van der Waals surface area contributed by atoms with Crippen LogP contribution in [0.1, 0.15) is 37.2 Å². The molecule has 1 heterocycles. The Morgan fingerprint density at radius 2 is 1.84 bits per heavy atom. The van der Waals surface area contributed by atoms with E-state index in [-0.39, 0.29) is 30.9 Å². The van der Waals surface area contributed by atoms with Crippen molar-refractivity contribution in [3.63, 3.8) is 0 Å². The van der Waals surface area contributed by atoms with Gasteiger partial charge in [-0.25, -0.2) is 4.79 Å². The van der Waals surface area contributed by atoms with Crippen LogP contribution in [-0.4, -0.2) is 41.9 Å². The molecule has 4 amide bonds. The maximum atomic E-state index is 12.5. The molecule has 1 aromatic carbocycles. The number of carbonyl (C=O) groups excluding carboxylic acids is 3. The Bertz CT molecular complexity index is 674. The summed E-state index contributed by atoms with van der Waals surface area (Å²) in [6, 6.07) is 9.96. The summed E-state index contributed by atoms with van der Waals surface area (Å²) in [6.45, 7) is -0.215. The summed E-state index contributed by atoms with van der Waals surface area (Å²) >= 11 is 0. The van der Waals surface area contributed by atoms with Gasteiger partial charge in [0.05, 0.1) is 6.54 Å². The predicted molar refractivity (Wildman–Crippen MR) is 91.7 cm³/mol. The first kappa shape index (κ1) is 16.1. The van der Waals surface area contributed by atoms with Crippen molar-refractivity contribution in [2.75, 3.05) is 13.1 Å². The highest BCUT2D eigenvalue weighted by Gasteiger charge is 2.51. The highest BCUT2D eigenvalue weighted by molar-refractivity contribution is 6.04. The van der Waals surface area contributed by atoms with E-state index < -0.39 is 6.03 Å². The monoisotopic (exact) mass is 341 g/mol. The molecule has 4 rings (SSSR count). The van der Waals surface area contributed by atoms with Gasteiger partial charge < -0.3 is 10.6 Å². The van der Waals surface area contributed by atoms with Gasteiger partial charge in [0.25, 0.3) is 5.91 Å². The SMILES string of the molecule is O=C(CN1C(=O)CNC1=O)N[C@H]1[C@@H]2CCCC[C@@H]2[C@@H]1c1ccccc1. The van der Waals surface area contributed by atoms with Gasteiger partial charge in [-0.15, -0.1) is 0 Å². The lowest BCUT2D eigenvalue weighted by atomic mass is 9.53. The minimum atomic E-state index is -0.482. The summed E-state index contributed by atoms with van der Waals surface area (Å²) in [6.07, 6.45) is 4.82. The molecule has 6 nitrogen and oxygen atoms in total. The fourth-order valence-corrected chi connectivity index (χ4v) is 4.78. The second-order valence-corrected chi connectivity index (χ2v) is 7.28. The molecule has 6 heteroatoms. The number of benzene rings is 1. The third-order valence-electron chi connectivity index (χ3n) is 5.94. The second-order valence-electron chi connectivity index (χ2n) is 7.28. The van der Waals surface area contributed by atoms with E-state index in [1.165, 1.54) is 24.8 Å². The molecule has 1 aliphatic heterocycles. The van der Waals surface area contributed by atoms with Crippen LogP contribution in [0, 0.1) is 11.8 Å². The van der Waals surface area contributed by atoms with Crippen LogP contribution in [0.2, 0.25) is 0 Å². The van der Waals surface area contributed by atoms with Crippen LogP contribution < -0.4 is 10.6 Å². The van der Waals surface area contributed by atoms with E-state index in [1.54, 1.807) is 0 Å². The van der Waals surface area contributed by atoms with Gasteiger partial charge in [-0.1, -0.05) is 43.2 Å². The number of hydrogen-bond acceptors (Lipinski definition) is 3. The number of imide groups is 1. The molecule has 4 atom stereocenters. The molecule has 2 saturated carbocycles. The van der Waals surface area contributed by atoms with E-state index >= 15 is 0 Å². The second kappa shape index (κ2) is 6.50. The largest absolute Gasteiger partial charge is 0.351 e. The molecular weight excluding hydrogens is 318 g/mol. The molecule has 0 aromatic heterocycles. The summed E-state index contributed by atoms with van der Waals surface area (Å²) in [4.78, 5) is 36.7. The van der Waals surface area contributed by atoms with Crippen molar-refractivity contribution >= 4 is 17.8 Å². The van der Waals surface area contributed by atoms with Gasteiger partial charge in [-0.3, -0.25) is 14.5 Å². The van der Waals surface area contributed by atoms with Crippen LogP contribution >= 0.6 is 0 Å². The van der Waals surface area contributed by atoms with E-state index in [0.717, 1.165) is 11.3 Å². The third kappa shape index (κ3) is 2.90. The van der Waals surface area contributed by atoms with Gasteiger partial charge in [-0.2, -0.15) is 0 Å². The average Bonchev–Trinajstić information content (AvgIpc) is 2.93. The number of carbonyl (C=O) groups is 3. The zero-order chi connectivity index (χ0) is 17.4. The molecule has 2 aliphatic carbocycles. The van der Waals surface area contributed by atoms with Crippen molar-refractivity contribution < 1.29 is 14.4 Å². The molecule has 25 heavy (non-hydrogen) atoms. The highest BCUT2D eigenvalue weighted by Crippen LogP contribution is 2.54. The van der Waals surface area contributed by atoms with Crippen LogP contribution in [0.25, 0.3) is 0 Å². The molecule has 3 aliphatic rings. The Morgan fingerprint density at radius 3 is 2.52 bits per heavy atom. The van der Waals surface area contributed by atoms with Crippen LogP contribution in [0.4, 0.5) is 4.79 Å². The fourth-order valence-electron chi connectivity index (χ4n) is 4.78. The molecule has 1 aromatic rings. The molecule has 3 fully saturated rings. The number of hydrogen-bond donors (Lipinski definition) is 2. The molecular formula is C19H23N3O3. The number of fused-ring (bicyclic) bond motifs is 1. The number of urea groups is 1. The molecule has 2 N–H and O–H groups in total. The van der Waals surface area contributed by atoms with Gasteiger partial charge in [0.15, 0.2) is 0 Å². The first-order valence-electron chi connectivity index (χ1n) is 9.07. The van der Waals surface area contributed by atoms with Crippen LogP contribution in [0.5, 0.6) is 0 Å². The molecule has 0 unspecified atom stereocenters. The first-order valence-corrected chi connectivity index (χ1v) is 9.07. The Kier molecular flexibility index (Phi) is 4.19. The minimum Gasteiger partial charge on any atom is -0.351 e. The van der Waals surface area contributed by atoms with Crippen molar-refractivity contribution in [1.82, 2.24) is 15.5 Å². The molecule has 132 valence electrons. The maximum absolute atomic E-state index is 12.5. The maximum Gasteiger partial charge on any atom is 0.325 e. The summed E-state index contributed by atoms with van der Waals surface area (Å²) in [5, 5.41) is 5.56. The smallest absolute Gasteiger partial charge is 0.325 e. The van der Waals surface area contributed by atoms with Crippen LogP contribution in [-0.2, 0) is 9.59 Å². The van der Waals surface area contributed by atoms with E-state index in [4.69, 9.17) is 0 Å². The van der Waals surface area contributed by atoms with Crippen molar-refractivity contribution in [2.45, 2.75) is 37.6 Å². The standard InChI is InChI=1S/C19H23N3O3/c23-15(11-22-16(24)10-20-19(22)25)21-18-14-9-5-4-8-13(14)17(18)12-6-2-1-3-7-12/h1-3,6-7,13-14,17-18H,4-5,8-11H2,(H,20,25)(H,21,23)/t13-,14+,17-,18-/m0/s1. The van der Waals surface area contributed by atoms with Gasteiger partial charge in [0.2, 0.25) is 5.91 Å². The summed E-state index contributed by atoms with van der Waals surface area (Å²) in [7, 11) is 0. The third-order valence-corrected chi connectivity index (χ3v) is 5.94. The van der Waals surface area contributed by atoms with Crippen LogP contribution in [0.15, 0.2) is 30.3 Å². The lowest BCUT2D eigenvalue weighted by Crippen LogP contribution is -2.60. The quantitative estimate of drug-likeness (QED) is 0.817. The van der Waals surface area contributed by atoms with Crippen molar-refractivity contribution in [3.8, 4) is 0 Å². The summed E-state index contributed by atoms with van der Waals surface area (Å²) < 4.78 is 0. The Labute approximate surface area is 147 Å². The minimum absolute atomic E-state index is 0.0210. The van der Waals surface area contributed by atoms with Gasteiger partial charge in [0.1, 0.15) is 6.54 Å². The Hall–Kier alpha value is -2.37. The topological polar surface area (TPSA) is 78.5 Å². The highest BCUT2D eigenvalue weighted by atomic mass is 16.2. The predicted octanol–water partition coefficient (Wildman–Crippen LogP) is 1.63. The zero-order valence-corrected chi connectivity index (χ0v) is 14.1. The van der Waals surface area contributed by atoms with E-state index in [2.05, 4.69) is 22.8 Å². The van der Waals surface area contributed by atoms with Gasteiger partial charge in [-0.05, 0) is 30.2 Å². The Balaban J connectivity index is 1.46. The molecule has 0 spiro atoms. The van der Waals surface area contributed by atoms with Crippen LogP contribution in [0.3, 0.4) is 0 Å². The Morgan fingerprint density at radius 1 is 1.12 bits per heavy atom. The summed E-state index contributed by atoms with van der Waals surface area (Å²) in [5.74, 6) is 0.868. The fraction of sp³-hybridized carbons (Fsp3) is 0.526.